The van der Waals surface area contributed by atoms with Gasteiger partial charge in [-0.25, -0.2) is 4.98 Å². The van der Waals surface area contributed by atoms with Gasteiger partial charge < -0.3 is 19.8 Å². The van der Waals surface area contributed by atoms with Crippen LogP contribution in [-0.2, 0) is 17.6 Å². The molecule has 7 nitrogen and oxygen atoms in total. The molecule has 1 aromatic rings. The highest BCUT2D eigenvalue weighted by Gasteiger charge is 2.49. The number of anilines is 2. The number of fused-ring (bicyclic) bond motifs is 1. The van der Waals surface area contributed by atoms with Gasteiger partial charge in [0.05, 0.1) is 17.7 Å². The summed E-state index contributed by atoms with van der Waals surface area (Å²) in [5.74, 6) is 2.04. The quantitative estimate of drug-likeness (QED) is 0.856. The maximum atomic E-state index is 13.1. The number of aryl methyl sites for hydroxylation is 1. The third-order valence-electron chi connectivity index (χ3n) is 6.40. The largest absolute Gasteiger partial charge is 0.395 e. The van der Waals surface area contributed by atoms with Crippen molar-refractivity contribution in [3.63, 3.8) is 0 Å². The van der Waals surface area contributed by atoms with Crippen LogP contribution < -0.4 is 9.80 Å². The van der Waals surface area contributed by atoms with Gasteiger partial charge in [-0.15, -0.1) is 0 Å². The van der Waals surface area contributed by atoms with Crippen molar-refractivity contribution >= 4 is 17.7 Å². The average molecular weight is 374 g/mol. The number of aromatic nitrogens is 2. The van der Waals surface area contributed by atoms with Crippen molar-refractivity contribution in [3.05, 3.63) is 11.3 Å². The first-order valence-corrected chi connectivity index (χ1v) is 10.3. The fourth-order valence-corrected chi connectivity index (χ4v) is 4.94. The summed E-state index contributed by atoms with van der Waals surface area (Å²) in [6.45, 7) is 2.87. The fourth-order valence-electron chi connectivity index (χ4n) is 4.94. The van der Waals surface area contributed by atoms with E-state index in [-0.39, 0.29) is 17.9 Å². The number of rotatable bonds is 4. The zero-order valence-electron chi connectivity index (χ0n) is 16.6. The summed E-state index contributed by atoms with van der Waals surface area (Å²) in [7, 11) is 3.97. The number of hydrogen-bond acceptors (Lipinski definition) is 6. The standard InChI is InChI=1S/C20H31N5O2/c1-23(2)19-21-16-7-4-3-6-15(16)17(22-19)25-11-9-20(14-25)8-5-10-24(12-13-26)18(20)27/h26H,3-14H2,1-2H3/t20-/m1/s1. The average Bonchev–Trinajstić information content (AvgIpc) is 3.09. The predicted molar refractivity (Wildman–Crippen MR) is 105 cm³/mol. The summed E-state index contributed by atoms with van der Waals surface area (Å²) in [6.07, 6.45) is 7.27. The molecule has 0 radical (unpaired) electrons. The molecule has 2 saturated heterocycles. The molecule has 3 heterocycles. The minimum absolute atomic E-state index is 0.0388. The molecule has 1 spiro atoms. The lowest BCUT2D eigenvalue weighted by molar-refractivity contribution is -0.145. The lowest BCUT2D eigenvalue weighted by atomic mass is 9.78. The third kappa shape index (κ3) is 3.26. The topological polar surface area (TPSA) is 72.8 Å². The van der Waals surface area contributed by atoms with Gasteiger partial charge in [-0.05, 0) is 44.9 Å². The Hall–Kier alpha value is -1.89. The molecule has 27 heavy (non-hydrogen) atoms. The van der Waals surface area contributed by atoms with E-state index in [9.17, 15) is 9.90 Å². The molecule has 0 bridgehead atoms. The lowest BCUT2D eigenvalue weighted by Crippen LogP contribution is -2.50. The van der Waals surface area contributed by atoms with Gasteiger partial charge in [-0.1, -0.05) is 0 Å². The number of β-amino-alcohol motifs (C(OH)–C–C–N with tert-alkyl or cyclic N) is 1. The van der Waals surface area contributed by atoms with Crippen LogP contribution in [0.25, 0.3) is 0 Å². The first kappa shape index (κ1) is 18.5. The molecule has 0 saturated carbocycles. The fraction of sp³-hybridized carbons (Fsp3) is 0.750. The number of piperidine rings is 1. The number of aliphatic hydroxyl groups is 1. The Morgan fingerprint density at radius 3 is 2.70 bits per heavy atom. The Kier molecular flexibility index (Phi) is 4.97. The number of carbonyl (C=O) groups is 1. The van der Waals surface area contributed by atoms with Crippen LogP contribution in [-0.4, -0.2) is 72.8 Å². The van der Waals surface area contributed by atoms with E-state index in [2.05, 4.69) is 4.90 Å². The maximum Gasteiger partial charge on any atom is 0.230 e. The highest BCUT2D eigenvalue weighted by atomic mass is 16.3. The Morgan fingerprint density at radius 1 is 1.11 bits per heavy atom. The summed E-state index contributed by atoms with van der Waals surface area (Å²) < 4.78 is 0. The van der Waals surface area contributed by atoms with Crippen LogP contribution >= 0.6 is 0 Å². The summed E-state index contributed by atoms with van der Waals surface area (Å²) >= 11 is 0. The molecule has 2 fully saturated rings. The predicted octanol–water partition coefficient (Wildman–Crippen LogP) is 1.23. The zero-order valence-corrected chi connectivity index (χ0v) is 16.6. The monoisotopic (exact) mass is 373 g/mol. The molecule has 1 N–H and O–H groups in total. The van der Waals surface area contributed by atoms with E-state index in [0.717, 1.165) is 63.5 Å². The molecule has 1 aliphatic carbocycles. The normalized spacial score (nSPS) is 25.2. The molecule has 0 aromatic carbocycles. The van der Waals surface area contributed by atoms with Crippen molar-refractivity contribution in [1.29, 1.82) is 0 Å². The van der Waals surface area contributed by atoms with Gasteiger partial charge in [0.1, 0.15) is 5.82 Å². The third-order valence-corrected chi connectivity index (χ3v) is 6.40. The number of likely N-dealkylation sites (tertiary alicyclic amines) is 1. The van der Waals surface area contributed by atoms with Crippen LogP contribution in [0.5, 0.6) is 0 Å². The van der Waals surface area contributed by atoms with Gasteiger partial charge in [0.15, 0.2) is 0 Å². The lowest BCUT2D eigenvalue weighted by Gasteiger charge is -2.39. The van der Waals surface area contributed by atoms with E-state index in [1.54, 1.807) is 0 Å². The van der Waals surface area contributed by atoms with Gasteiger partial charge in [-0.3, -0.25) is 4.79 Å². The van der Waals surface area contributed by atoms with Crippen LogP contribution in [0.3, 0.4) is 0 Å². The zero-order chi connectivity index (χ0) is 19.0. The molecule has 1 atom stereocenters. The van der Waals surface area contributed by atoms with Crippen LogP contribution in [0.1, 0.15) is 43.4 Å². The van der Waals surface area contributed by atoms with Crippen molar-refractivity contribution < 1.29 is 9.90 Å². The van der Waals surface area contributed by atoms with E-state index in [1.165, 1.54) is 24.1 Å². The van der Waals surface area contributed by atoms with E-state index >= 15 is 0 Å². The number of hydrogen-bond donors (Lipinski definition) is 1. The Balaban J connectivity index is 1.64. The first-order chi connectivity index (χ1) is 13.0. The Bertz CT molecular complexity index is 721. The van der Waals surface area contributed by atoms with Crippen molar-refractivity contribution in [2.45, 2.75) is 44.9 Å². The highest BCUT2D eigenvalue weighted by Crippen LogP contribution is 2.43. The molecule has 1 aromatic heterocycles. The van der Waals surface area contributed by atoms with Crippen LogP contribution in [0.2, 0.25) is 0 Å². The molecule has 0 unspecified atom stereocenters. The van der Waals surface area contributed by atoms with E-state index in [4.69, 9.17) is 9.97 Å². The second-order valence-corrected chi connectivity index (χ2v) is 8.45. The minimum atomic E-state index is -0.307. The van der Waals surface area contributed by atoms with Crippen LogP contribution in [0.4, 0.5) is 11.8 Å². The molecular formula is C20H31N5O2. The summed E-state index contributed by atoms with van der Waals surface area (Å²) in [5, 5.41) is 9.29. The molecular weight excluding hydrogens is 342 g/mol. The van der Waals surface area contributed by atoms with Crippen molar-refractivity contribution in [2.24, 2.45) is 5.41 Å². The van der Waals surface area contributed by atoms with Crippen molar-refractivity contribution in [1.82, 2.24) is 14.9 Å². The van der Waals surface area contributed by atoms with Crippen LogP contribution in [0.15, 0.2) is 0 Å². The van der Waals surface area contributed by atoms with Gasteiger partial charge in [0.2, 0.25) is 11.9 Å². The SMILES string of the molecule is CN(C)c1nc2c(c(N3CC[C@]4(CCCN(CCO)C4=O)C3)n1)CCCC2. The molecule has 7 heteroatoms. The van der Waals surface area contributed by atoms with Crippen molar-refractivity contribution in [3.8, 4) is 0 Å². The second kappa shape index (κ2) is 7.26. The molecule has 1 amide bonds. The molecule has 4 rings (SSSR count). The number of nitrogens with zero attached hydrogens (tertiary/aromatic N) is 5. The second-order valence-electron chi connectivity index (χ2n) is 8.45. The maximum absolute atomic E-state index is 13.1. The number of aliphatic hydroxyl groups excluding tert-OH is 1. The minimum Gasteiger partial charge on any atom is -0.395 e. The molecule has 3 aliphatic rings. The number of amides is 1. The van der Waals surface area contributed by atoms with Gasteiger partial charge >= 0.3 is 0 Å². The molecule has 148 valence electrons. The van der Waals surface area contributed by atoms with Gasteiger partial charge in [-0.2, -0.15) is 4.98 Å². The first-order valence-electron chi connectivity index (χ1n) is 10.3. The molecule has 2 aliphatic heterocycles. The summed E-state index contributed by atoms with van der Waals surface area (Å²) in [4.78, 5) is 29.0. The highest BCUT2D eigenvalue weighted by molar-refractivity contribution is 5.85. The summed E-state index contributed by atoms with van der Waals surface area (Å²) in [6, 6.07) is 0. The Morgan fingerprint density at radius 2 is 1.93 bits per heavy atom. The van der Waals surface area contributed by atoms with E-state index in [0.29, 0.717) is 6.54 Å². The van der Waals surface area contributed by atoms with E-state index < -0.39 is 0 Å². The van der Waals surface area contributed by atoms with Crippen LogP contribution in [0, 0.1) is 5.41 Å². The van der Waals surface area contributed by atoms with Gasteiger partial charge in [0, 0.05) is 45.8 Å². The number of carbonyl (C=O) groups excluding carboxylic acids is 1. The Labute approximate surface area is 161 Å². The summed E-state index contributed by atoms with van der Waals surface area (Å²) in [5.41, 5.74) is 2.17. The smallest absolute Gasteiger partial charge is 0.230 e. The van der Waals surface area contributed by atoms with Gasteiger partial charge in [0.25, 0.3) is 0 Å². The van der Waals surface area contributed by atoms with E-state index in [1.807, 2.05) is 23.9 Å². The van der Waals surface area contributed by atoms with Crippen molar-refractivity contribution in [2.75, 3.05) is 56.7 Å².